The molecule has 8 rings (SSSR count). The van der Waals surface area contributed by atoms with Crippen molar-refractivity contribution in [2.75, 3.05) is 0 Å². The van der Waals surface area contributed by atoms with E-state index in [1.54, 1.807) is 0 Å². The third kappa shape index (κ3) is 44.7. The summed E-state index contributed by atoms with van der Waals surface area (Å²) in [6.07, 6.45) is 36.1. The molecule has 0 saturated heterocycles. The van der Waals surface area contributed by atoms with Crippen LogP contribution in [0.5, 0.6) is 0 Å². The molecule has 0 radical (unpaired) electrons. The zero-order chi connectivity index (χ0) is 82.4. The van der Waals surface area contributed by atoms with Crippen molar-refractivity contribution >= 4 is 0 Å². The van der Waals surface area contributed by atoms with Crippen LogP contribution in [0.15, 0.2) is 232 Å². The van der Waals surface area contributed by atoms with Crippen molar-refractivity contribution in [3.05, 3.63) is 365 Å². The second kappa shape index (κ2) is 63.7. The van der Waals surface area contributed by atoms with Gasteiger partial charge in [0.25, 0.3) is 0 Å². The van der Waals surface area contributed by atoms with Gasteiger partial charge < -0.3 is 0 Å². The molecule has 0 amide bonds. The summed E-state index contributed by atoms with van der Waals surface area (Å²) in [7, 11) is 0. The van der Waals surface area contributed by atoms with Gasteiger partial charge in [-0.1, -0.05) is 365 Å². The summed E-state index contributed by atoms with van der Waals surface area (Å²) in [5.74, 6) is 0. The molecule has 0 aliphatic rings. The van der Waals surface area contributed by atoms with E-state index in [1.807, 2.05) is 263 Å². The van der Waals surface area contributed by atoms with Crippen LogP contribution in [0.4, 0.5) is 0 Å². The van der Waals surface area contributed by atoms with Gasteiger partial charge in [-0.15, -0.1) is 0 Å². The van der Waals surface area contributed by atoms with Gasteiger partial charge in [-0.05, 0) is 228 Å². The maximum absolute atomic E-state index is 12.0. The quantitative estimate of drug-likeness (QED) is 0.0392. The van der Waals surface area contributed by atoms with Crippen molar-refractivity contribution in [1.82, 2.24) is 0 Å². The van der Waals surface area contributed by atoms with E-state index < -0.39 is 0 Å². The van der Waals surface area contributed by atoms with Crippen LogP contribution in [0.25, 0.3) is 0 Å². The Balaban J connectivity index is 0.000000639. The first-order valence-corrected chi connectivity index (χ1v) is 42.2. The smallest absolute Gasteiger partial charge is 0.184 e. The summed E-state index contributed by atoms with van der Waals surface area (Å²) in [5.41, 5.74) is 15.8. The number of aryl methyl sites for hydroxylation is 16. The predicted molar refractivity (Wildman–Crippen MR) is 481 cm³/mol. The molecule has 111 heavy (non-hydrogen) atoms. The highest BCUT2D eigenvalue weighted by Crippen LogP contribution is 2.13. The molecule has 8 nitrogen and oxygen atoms in total. The third-order valence-electron chi connectivity index (χ3n) is 19.5. The first-order valence-electron chi connectivity index (χ1n) is 42.2. The van der Waals surface area contributed by atoms with Gasteiger partial charge in [-0.2, -0.15) is 0 Å². The van der Waals surface area contributed by atoms with Crippen LogP contribution in [0, 0.1) is 62.3 Å². The average molecular weight is 1510 g/mol. The fourth-order valence-corrected chi connectivity index (χ4v) is 12.2. The van der Waals surface area contributed by atoms with Crippen LogP contribution in [0.1, 0.15) is 292 Å². The van der Waals surface area contributed by atoms with Gasteiger partial charge in [-0.3, -0.25) is 38.4 Å². The summed E-state index contributed by atoms with van der Waals surface area (Å²) < 4.78 is 0. The fourth-order valence-electron chi connectivity index (χ4n) is 12.2. The van der Waals surface area contributed by atoms with E-state index >= 15 is 0 Å². The van der Waals surface area contributed by atoms with Gasteiger partial charge in [0.1, 0.15) is 0 Å². The van der Waals surface area contributed by atoms with Crippen molar-refractivity contribution < 1.29 is 0 Å². The van der Waals surface area contributed by atoms with Crippen LogP contribution in [-0.2, 0) is 44.9 Å². The first kappa shape index (κ1) is 100. The first-order chi connectivity index (χ1) is 53.5. The molecular weight excluding hydrogens is 1370 g/mol. The van der Waals surface area contributed by atoms with Crippen LogP contribution < -0.4 is 43.4 Å². The molecule has 0 heterocycles. The van der Waals surface area contributed by atoms with Gasteiger partial charge in [0, 0.05) is 0 Å². The van der Waals surface area contributed by atoms with Gasteiger partial charge in [0.05, 0.1) is 0 Å². The Morgan fingerprint density at radius 1 is 0.153 bits per heavy atom. The Hall–Kier alpha value is -8.88. The van der Waals surface area contributed by atoms with E-state index in [2.05, 4.69) is 41.5 Å². The maximum Gasteiger partial charge on any atom is 0.184 e. The molecule has 0 bridgehead atoms. The van der Waals surface area contributed by atoms with Gasteiger partial charge >= 0.3 is 0 Å². The van der Waals surface area contributed by atoms with E-state index in [0.29, 0.717) is 0 Å². The molecule has 0 aliphatic carbocycles. The number of rotatable bonds is 31. The van der Waals surface area contributed by atoms with Crippen molar-refractivity contribution in [2.45, 2.75) is 310 Å². The third-order valence-corrected chi connectivity index (χ3v) is 19.5. The predicted octanol–water partition coefficient (Wildman–Crippen LogP) is 24.4. The zero-order valence-electron chi connectivity index (χ0n) is 71.7. The van der Waals surface area contributed by atoms with Gasteiger partial charge in [0.15, 0.2) is 43.4 Å². The summed E-state index contributed by atoms with van der Waals surface area (Å²) in [4.78, 5) is 93.3. The minimum atomic E-state index is 0.144. The lowest BCUT2D eigenvalue weighted by molar-refractivity contribution is 0.575. The zero-order valence-corrected chi connectivity index (χ0v) is 71.7. The lowest BCUT2D eigenvalue weighted by Crippen LogP contribution is -2.08. The minimum absolute atomic E-state index is 0.144. The van der Waals surface area contributed by atoms with E-state index in [1.165, 1.54) is 109 Å². The SMILES string of the molecule is CCCCCCCCCCc1ccccc(C)c1=O.CCCCCCCCc1ccccc(C)c1=O.CCCCCCc1ccccc(C)c1=O.CCCCCc1ccccc(C)c1=O.CCCCc1ccccc(C)c1=O.CCCc1ccccc(C)c1=O.CCc1ccccc(C)c1=O.Cc1ccccc(C)c1=O. The van der Waals surface area contributed by atoms with Gasteiger partial charge in [-0.25, -0.2) is 0 Å². The second-order valence-corrected chi connectivity index (χ2v) is 29.4. The molecule has 0 N–H and O–H groups in total. The summed E-state index contributed by atoms with van der Waals surface area (Å²) in [5, 5.41) is 0. The van der Waals surface area contributed by atoms with Crippen molar-refractivity contribution in [3.63, 3.8) is 0 Å². The van der Waals surface area contributed by atoms with Crippen LogP contribution >= 0.6 is 0 Å². The fraction of sp³-hybridized carbons (Fsp3) is 0.456. The normalized spacial score (nSPS) is 10.1. The van der Waals surface area contributed by atoms with Crippen molar-refractivity contribution in [3.8, 4) is 0 Å². The molecule has 8 heteroatoms. The molecule has 0 aliphatic heterocycles. The van der Waals surface area contributed by atoms with E-state index in [0.717, 1.165) is 179 Å². The minimum Gasteiger partial charge on any atom is -0.289 e. The highest BCUT2D eigenvalue weighted by atomic mass is 16.1. The second-order valence-electron chi connectivity index (χ2n) is 29.4. The number of hydrogen-bond donors (Lipinski definition) is 0. The molecule has 0 unspecified atom stereocenters. The van der Waals surface area contributed by atoms with Gasteiger partial charge in [0.2, 0.25) is 0 Å². The molecule has 0 atom stereocenters. The lowest BCUT2D eigenvalue weighted by atomic mass is 10.0. The standard InChI is InChI=1S/C18H28O.C16H24O.C14H20O.C13H18O.C12H16O.C11H14O.C10H12O.C9H10O/c1-3-4-5-6-7-8-9-10-14-17-15-12-11-13-16(2)18(17)19;1-3-4-5-6-7-8-12-15-13-10-9-11-14(2)16(15)17;1-3-4-5-6-10-13-11-8-7-9-12(2)14(13)15;1-3-4-5-9-12-10-7-6-8-11(2)13(12)14;1-3-4-8-11-9-6-5-7-10(2)12(11)13;1-3-6-10-8-5-4-7-9(2)11(10)12;1-3-9-7-5-4-6-8(2)10(9)11;1-7-5-3-4-6-8(2)9(7)10/h11-13,15H,3-10,14H2,1-2H3;9-11,13H,3-8,12H2,1-2H3;7-9,11H,3-6,10H2,1-2H3;6-8,10H,3-5,9H2,1-2H3;5-7,9H,3-4,8H2,1-2H3;4-5,7-8H,3,6H2,1-2H3;4-7H,3H2,1-2H3;3-6H,1-2H3. The van der Waals surface area contributed by atoms with Crippen LogP contribution in [0.2, 0.25) is 0 Å². The summed E-state index contributed by atoms with van der Waals surface area (Å²) in [6.45, 7) is 31.9. The monoisotopic (exact) mass is 1510 g/mol. The van der Waals surface area contributed by atoms with E-state index in [-0.39, 0.29) is 43.4 Å². The average Bonchev–Trinajstić information content (AvgIpc) is 1.84. The van der Waals surface area contributed by atoms with Crippen molar-refractivity contribution in [1.29, 1.82) is 0 Å². The Morgan fingerprint density at radius 3 is 0.532 bits per heavy atom. The summed E-state index contributed by atoms with van der Waals surface area (Å²) >= 11 is 0. The largest absolute Gasteiger partial charge is 0.289 e. The Kier molecular flexibility index (Phi) is 57.5. The number of hydrogen-bond acceptors (Lipinski definition) is 8. The molecule has 0 fully saturated rings. The molecule has 8 aromatic rings. The van der Waals surface area contributed by atoms with E-state index in [4.69, 9.17) is 0 Å². The van der Waals surface area contributed by atoms with Crippen molar-refractivity contribution in [2.24, 2.45) is 0 Å². The Morgan fingerprint density at radius 2 is 0.306 bits per heavy atom. The molecular formula is C103H142O8. The molecule has 0 saturated carbocycles. The Bertz CT molecular complexity index is 4380. The topological polar surface area (TPSA) is 137 Å². The molecule has 602 valence electrons. The summed E-state index contributed by atoms with van der Waals surface area (Å²) in [6, 6.07) is 61.3. The maximum atomic E-state index is 12.0. The highest BCUT2D eigenvalue weighted by Gasteiger charge is 2.06. The highest BCUT2D eigenvalue weighted by molar-refractivity contribution is 5.27. The molecule has 0 aromatic heterocycles. The Labute approximate surface area is 670 Å². The van der Waals surface area contributed by atoms with Crippen LogP contribution in [0.3, 0.4) is 0 Å². The van der Waals surface area contributed by atoms with Crippen LogP contribution in [-0.4, -0.2) is 0 Å². The molecule has 8 aromatic carbocycles. The molecule has 0 spiro atoms. The van der Waals surface area contributed by atoms with E-state index in [9.17, 15) is 38.4 Å². The lowest BCUT2D eigenvalue weighted by Gasteiger charge is -2.01. The number of unbranched alkanes of at least 4 members (excludes halogenated alkanes) is 18.